The second kappa shape index (κ2) is 7.41. The lowest BCUT2D eigenvalue weighted by Crippen LogP contribution is -2.24. The number of sulfone groups is 1. The Labute approximate surface area is 129 Å². The van der Waals surface area contributed by atoms with E-state index < -0.39 is 9.84 Å². The fourth-order valence-corrected chi connectivity index (χ4v) is 3.60. The first kappa shape index (κ1) is 16.5. The molecule has 0 radical (unpaired) electrons. The summed E-state index contributed by atoms with van der Waals surface area (Å²) in [6, 6.07) is 9.16. The average molecular weight is 309 g/mol. The second-order valence-electron chi connectivity index (χ2n) is 6.11. The summed E-state index contributed by atoms with van der Waals surface area (Å²) >= 11 is 0. The molecule has 0 aromatic heterocycles. The first-order valence-corrected chi connectivity index (χ1v) is 9.83. The van der Waals surface area contributed by atoms with Crippen LogP contribution in [0, 0.1) is 6.92 Å². The Kier molecular flexibility index (Phi) is 5.82. The van der Waals surface area contributed by atoms with E-state index in [0.29, 0.717) is 17.7 Å². The van der Waals surface area contributed by atoms with Gasteiger partial charge in [0.2, 0.25) is 0 Å². The predicted octanol–water partition coefficient (Wildman–Crippen LogP) is 3.05. The summed E-state index contributed by atoms with van der Waals surface area (Å²) in [5.74, 6) is 0.983. The summed E-state index contributed by atoms with van der Waals surface area (Å²) in [4.78, 5) is 0. The van der Waals surface area contributed by atoms with Crippen LogP contribution in [0.25, 0.3) is 0 Å². The third-order valence-corrected chi connectivity index (χ3v) is 6.10. The van der Waals surface area contributed by atoms with Gasteiger partial charge in [-0.15, -0.1) is 0 Å². The van der Waals surface area contributed by atoms with E-state index in [-0.39, 0.29) is 5.75 Å². The number of hydrogen-bond donors (Lipinski definition) is 1. The summed E-state index contributed by atoms with van der Waals surface area (Å²) in [7, 11) is -2.85. The lowest BCUT2D eigenvalue weighted by molar-refractivity contribution is 0.536. The van der Waals surface area contributed by atoms with Crippen LogP contribution in [0.15, 0.2) is 24.3 Å². The minimum atomic E-state index is -2.85. The van der Waals surface area contributed by atoms with Crippen LogP contribution in [0.1, 0.15) is 49.7 Å². The number of nitrogens with one attached hydrogen (secondary N) is 1. The first-order chi connectivity index (χ1) is 10.0. The van der Waals surface area contributed by atoms with Crippen molar-refractivity contribution in [3.8, 4) is 0 Å². The van der Waals surface area contributed by atoms with E-state index in [4.69, 9.17) is 0 Å². The quantitative estimate of drug-likeness (QED) is 0.762. The lowest BCUT2D eigenvalue weighted by atomic mass is 9.91. The molecule has 1 fully saturated rings. The molecule has 3 nitrogen and oxygen atoms in total. The van der Waals surface area contributed by atoms with Crippen LogP contribution in [-0.2, 0) is 9.84 Å². The SMILES string of the molecule is CCS(=O)(=O)CCCC(CNC1CC1)c1ccccc1C. The van der Waals surface area contributed by atoms with Crippen molar-refractivity contribution in [1.82, 2.24) is 5.32 Å². The van der Waals surface area contributed by atoms with Gasteiger partial charge in [-0.2, -0.15) is 0 Å². The molecular formula is C17H27NO2S. The summed E-state index contributed by atoms with van der Waals surface area (Å²) in [5.41, 5.74) is 2.66. The van der Waals surface area contributed by atoms with Gasteiger partial charge in [-0.3, -0.25) is 0 Å². The third-order valence-electron chi connectivity index (χ3n) is 4.31. The van der Waals surface area contributed by atoms with Crippen LogP contribution < -0.4 is 5.32 Å². The van der Waals surface area contributed by atoms with E-state index >= 15 is 0 Å². The van der Waals surface area contributed by atoms with Crippen LogP contribution in [0.2, 0.25) is 0 Å². The predicted molar refractivity (Wildman–Crippen MR) is 88.5 cm³/mol. The van der Waals surface area contributed by atoms with Crippen molar-refractivity contribution in [2.75, 3.05) is 18.1 Å². The van der Waals surface area contributed by atoms with Crippen molar-refractivity contribution < 1.29 is 8.42 Å². The summed E-state index contributed by atoms with van der Waals surface area (Å²) in [5, 5.41) is 3.59. The molecule has 1 saturated carbocycles. The average Bonchev–Trinajstić information content (AvgIpc) is 3.27. The van der Waals surface area contributed by atoms with Gasteiger partial charge in [-0.1, -0.05) is 31.2 Å². The standard InChI is InChI=1S/C17H27NO2S/c1-3-21(19,20)12-6-8-15(13-18-16-10-11-16)17-9-5-4-7-14(17)2/h4-5,7,9,15-16,18H,3,6,8,10-13H2,1-2H3. The molecule has 1 aliphatic rings. The third kappa shape index (κ3) is 5.44. The van der Waals surface area contributed by atoms with Crippen LogP contribution >= 0.6 is 0 Å². The fraction of sp³-hybridized carbons (Fsp3) is 0.647. The van der Waals surface area contributed by atoms with E-state index in [2.05, 4.69) is 36.5 Å². The number of aryl methyl sites for hydroxylation is 1. The molecule has 0 aliphatic heterocycles. The topological polar surface area (TPSA) is 46.2 Å². The van der Waals surface area contributed by atoms with Gasteiger partial charge in [-0.25, -0.2) is 8.42 Å². The van der Waals surface area contributed by atoms with Gasteiger partial charge in [-0.05, 0) is 49.7 Å². The van der Waals surface area contributed by atoms with E-state index in [9.17, 15) is 8.42 Å². The Morgan fingerprint density at radius 1 is 1.29 bits per heavy atom. The van der Waals surface area contributed by atoms with E-state index in [1.165, 1.54) is 24.0 Å². The molecule has 0 amide bonds. The maximum Gasteiger partial charge on any atom is 0.150 e. The van der Waals surface area contributed by atoms with Gasteiger partial charge >= 0.3 is 0 Å². The molecule has 21 heavy (non-hydrogen) atoms. The van der Waals surface area contributed by atoms with Gasteiger partial charge in [0, 0.05) is 18.3 Å². The smallest absolute Gasteiger partial charge is 0.150 e. The highest BCUT2D eigenvalue weighted by Crippen LogP contribution is 2.26. The normalized spacial score (nSPS) is 16.9. The zero-order valence-electron chi connectivity index (χ0n) is 13.1. The monoisotopic (exact) mass is 309 g/mol. The van der Waals surface area contributed by atoms with Crippen molar-refractivity contribution >= 4 is 9.84 Å². The molecule has 1 unspecified atom stereocenters. The zero-order chi connectivity index (χ0) is 15.3. The van der Waals surface area contributed by atoms with E-state index in [1.54, 1.807) is 6.92 Å². The van der Waals surface area contributed by atoms with Gasteiger partial charge in [0.15, 0.2) is 0 Å². The molecule has 118 valence electrons. The molecule has 0 spiro atoms. The molecule has 0 heterocycles. The van der Waals surface area contributed by atoms with Gasteiger partial charge in [0.1, 0.15) is 9.84 Å². The molecular weight excluding hydrogens is 282 g/mol. The highest BCUT2D eigenvalue weighted by atomic mass is 32.2. The maximum atomic E-state index is 11.6. The van der Waals surface area contributed by atoms with Crippen molar-refractivity contribution in [3.63, 3.8) is 0 Å². The Balaban J connectivity index is 1.96. The number of rotatable bonds is 9. The highest BCUT2D eigenvalue weighted by Gasteiger charge is 2.23. The van der Waals surface area contributed by atoms with Gasteiger partial charge in [0.25, 0.3) is 0 Å². The zero-order valence-corrected chi connectivity index (χ0v) is 14.0. The van der Waals surface area contributed by atoms with Crippen molar-refractivity contribution in [1.29, 1.82) is 0 Å². The fourth-order valence-electron chi connectivity index (χ4n) is 2.70. The molecule has 1 aliphatic carbocycles. The van der Waals surface area contributed by atoms with Crippen molar-refractivity contribution in [2.24, 2.45) is 0 Å². The second-order valence-corrected chi connectivity index (χ2v) is 8.59. The summed E-state index contributed by atoms with van der Waals surface area (Å²) in [6.45, 7) is 4.83. The van der Waals surface area contributed by atoms with Crippen LogP contribution in [0.3, 0.4) is 0 Å². The molecule has 1 atom stereocenters. The summed E-state index contributed by atoms with van der Waals surface area (Å²) < 4.78 is 23.3. The number of benzene rings is 1. The maximum absolute atomic E-state index is 11.6. The van der Waals surface area contributed by atoms with E-state index in [0.717, 1.165) is 19.4 Å². The first-order valence-electron chi connectivity index (χ1n) is 8.01. The van der Waals surface area contributed by atoms with Crippen LogP contribution in [0.4, 0.5) is 0 Å². The molecule has 1 N–H and O–H groups in total. The Bertz CT molecular complexity index is 550. The summed E-state index contributed by atoms with van der Waals surface area (Å²) in [6.07, 6.45) is 4.25. The van der Waals surface area contributed by atoms with Crippen LogP contribution in [-0.4, -0.2) is 32.5 Å². The molecule has 0 bridgehead atoms. The van der Waals surface area contributed by atoms with Crippen molar-refractivity contribution in [2.45, 2.75) is 51.5 Å². The van der Waals surface area contributed by atoms with E-state index in [1.807, 2.05) is 0 Å². The highest BCUT2D eigenvalue weighted by molar-refractivity contribution is 7.91. The molecule has 4 heteroatoms. The minimum Gasteiger partial charge on any atom is -0.313 e. The molecule has 2 rings (SSSR count). The minimum absolute atomic E-state index is 0.252. The van der Waals surface area contributed by atoms with Crippen LogP contribution in [0.5, 0.6) is 0 Å². The number of hydrogen-bond acceptors (Lipinski definition) is 3. The van der Waals surface area contributed by atoms with Gasteiger partial charge < -0.3 is 5.32 Å². The molecule has 1 aromatic carbocycles. The largest absolute Gasteiger partial charge is 0.313 e. The van der Waals surface area contributed by atoms with Gasteiger partial charge in [0.05, 0.1) is 5.75 Å². The Hall–Kier alpha value is -0.870. The lowest BCUT2D eigenvalue weighted by Gasteiger charge is -2.20. The van der Waals surface area contributed by atoms with Crippen molar-refractivity contribution in [3.05, 3.63) is 35.4 Å². The Morgan fingerprint density at radius 3 is 2.62 bits per heavy atom. The Morgan fingerprint density at radius 2 is 2.00 bits per heavy atom. The molecule has 0 saturated heterocycles. The molecule has 1 aromatic rings.